The largest absolute Gasteiger partial charge is 0.496 e. The molecular formula is C24H41N5O. The second-order valence-corrected chi connectivity index (χ2v) is 8.50. The van der Waals surface area contributed by atoms with Crippen LogP contribution in [0.5, 0.6) is 5.75 Å². The van der Waals surface area contributed by atoms with E-state index in [0.29, 0.717) is 5.92 Å². The standard InChI is InChI=1S/C24H41N5O/c1-4-25-24(26-17-20-11-10-14-28(5-2)19-20)27-18-22(29-15-8-9-16-29)21-12-6-7-13-23(21)30-3/h6-7,12-13,20,22H,4-5,8-11,14-19H2,1-3H3,(H2,25,26,27). The maximum absolute atomic E-state index is 5.68. The molecule has 3 rings (SSSR count). The molecule has 2 saturated heterocycles. The number of likely N-dealkylation sites (tertiary alicyclic amines) is 2. The van der Waals surface area contributed by atoms with E-state index in [1.807, 2.05) is 6.07 Å². The lowest BCUT2D eigenvalue weighted by molar-refractivity contribution is 0.183. The molecule has 0 amide bonds. The second kappa shape index (κ2) is 12.2. The van der Waals surface area contributed by atoms with Crippen molar-refractivity contribution in [3.8, 4) is 5.75 Å². The number of benzene rings is 1. The van der Waals surface area contributed by atoms with Crippen LogP contribution in [0.1, 0.15) is 51.1 Å². The van der Waals surface area contributed by atoms with Crippen molar-refractivity contribution < 1.29 is 4.74 Å². The monoisotopic (exact) mass is 415 g/mol. The van der Waals surface area contributed by atoms with Gasteiger partial charge in [0.15, 0.2) is 5.96 Å². The highest BCUT2D eigenvalue weighted by Gasteiger charge is 2.26. The Morgan fingerprint density at radius 1 is 1.13 bits per heavy atom. The third kappa shape index (κ3) is 6.35. The van der Waals surface area contributed by atoms with Crippen LogP contribution in [0.25, 0.3) is 0 Å². The summed E-state index contributed by atoms with van der Waals surface area (Å²) in [4.78, 5) is 10.1. The van der Waals surface area contributed by atoms with E-state index in [1.54, 1.807) is 7.11 Å². The number of hydrogen-bond donors (Lipinski definition) is 2. The van der Waals surface area contributed by atoms with Crippen LogP contribution in [0.2, 0.25) is 0 Å². The van der Waals surface area contributed by atoms with E-state index in [9.17, 15) is 0 Å². The molecule has 0 saturated carbocycles. The molecule has 168 valence electrons. The maximum Gasteiger partial charge on any atom is 0.191 e. The van der Waals surface area contributed by atoms with E-state index >= 15 is 0 Å². The topological polar surface area (TPSA) is 52.1 Å². The van der Waals surface area contributed by atoms with E-state index in [0.717, 1.165) is 51.0 Å². The minimum atomic E-state index is 0.254. The van der Waals surface area contributed by atoms with Crippen molar-refractivity contribution in [1.82, 2.24) is 20.4 Å². The summed E-state index contributed by atoms with van der Waals surface area (Å²) in [7, 11) is 1.76. The summed E-state index contributed by atoms with van der Waals surface area (Å²) >= 11 is 0. The van der Waals surface area contributed by atoms with E-state index in [1.165, 1.54) is 44.3 Å². The highest BCUT2D eigenvalue weighted by atomic mass is 16.5. The van der Waals surface area contributed by atoms with Crippen molar-refractivity contribution in [3.63, 3.8) is 0 Å². The smallest absolute Gasteiger partial charge is 0.191 e. The van der Waals surface area contributed by atoms with Gasteiger partial charge in [-0.05, 0) is 70.8 Å². The maximum atomic E-state index is 5.68. The number of hydrogen-bond acceptors (Lipinski definition) is 4. The number of aliphatic imine (C=N–C) groups is 1. The van der Waals surface area contributed by atoms with Crippen LogP contribution in [0.4, 0.5) is 0 Å². The molecule has 0 aliphatic carbocycles. The van der Waals surface area contributed by atoms with Gasteiger partial charge in [-0.15, -0.1) is 0 Å². The lowest BCUT2D eigenvalue weighted by Crippen LogP contribution is -2.44. The number of para-hydroxylation sites is 1. The van der Waals surface area contributed by atoms with Gasteiger partial charge in [-0.25, -0.2) is 0 Å². The van der Waals surface area contributed by atoms with Gasteiger partial charge in [-0.3, -0.25) is 9.89 Å². The van der Waals surface area contributed by atoms with E-state index in [2.05, 4.69) is 52.5 Å². The first-order valence-corrected chi connectivity index (χ1v) is 11.9. The van der Waals surface area contributed by atoms with Crippen molar-refractivity contribution in [2.75, 3.05) is 59.5 Å². The van der Waals surface area contributed by atoms with Crippen molar-refractivity contribution in [3.05, 3.63) is 29.8 Å². The summed E-state index contributed by atoms with van der Waals surface area (Å²) in [5, 5.41) is 7.07. The van der Waals surface area contributed by atoms with Crippen molar-refractivity contribution in [2.24, 2.45) is 10.9 Å². The molecule has 2 unspecified atom stereocenters. The molecule has 2 aliphatic rings. The van der Waals surface area contributed by atoms with Crippen LogP contribution in [0.3, 0.4) is 0 Å². The zero-order chi connectivity index (χ0) is 21.2. The molecule has 0 bridgehead atoms. The summed E-state index contributed by atoms with van der Waals surface area (Å²) in [6.07, 6.45) is 5.14. The first kappa shape index (κ1) is 22.9. The lowest BCUT2D eigenvalue weighted by Gasteiger charge is -2.32. The van der Waals surface area contributed by atoms with Crippen LogP contribution in [0.15, 0.2) is 29.3 Å². The molecule has 0 spiro atoms. The second-order valence-electron chi connectivity index (χ2n) is 8.50. The quantitative estimate of drug-likeness (QED) is 0.479. The summed E-state index contributed by atoms with van der Waals surface area (Å²) < 4.78 is 5.68. The molecule has 0 radical (unpaired) electrons. The molecule has 30 heavy (non-hydrogen) atoms. The Labute approximate surface area is 183 Å². The predicted molar refractivity (Wildman–Crippen MR) is 125 cm³/mol. The zero-order valence-corrected chi connectivity index (χ0v) is 19.2. The highest BCUT2D eigenvalue weighted by molar-refractivity contribution is 5.79. The average molecular weight is 416 g/mol. The highest BCUT2D eigenvalue weighted by Crippen LogP contribution is 2.31. The lowest BCUT2D eigenvalue weighted by atomic mass is 9.98. The minimum Gasteiger partial charge on any atom is -0.496 e. The first-order chi connectivity index (χ1) is 14.7. The fourth-order valence-corrected chi connectivity index (χ4v) is 4.77. The molecule has 2 aliphatic heterocycles. The van der Waals surface area contributed by atoms with Crippen molar-refractivity contribution in [1.29, 1.82) is 0 Å². The van der Waals surface area contributed by atoms with Gasteiger partial charge in [0, 0.05) is 25.2 Å². The van der Waals surface area contributed by atoms with Gasteiger partial charge in [-0.1, -0.05) is 25.1 Å². The number of nitrogens with one attached hydrogen (secondary N) is 2. The fourth-order valence-electron chi connectivity index (χ4n) is 4.77. The normalized spacial score (nSPS) is 22.1. The van der Waals surface area contributed by atoms with Gasteiger partial charge >= 0.3 is 0 Å². The number of piperidine rings is 1. The molecule has 2 atom stereocenters. The Balaban J connectivity index is 1.67. The number of methoxy groups -OCH3 is 1. The van der Waals surface area contributed by atoms with Crippen LogP contribution in [0, 0.1) is 5.92 Å². The van der Waals surface area contributed by atoms with Crippen LogP contribution in [-0.2, 0) is 0 Å². The number of nitrogens with zero attached hydrogens (tertiary/aromatic N) is 3. The Morgan fingerprint density at radius 2 is 1.93 bits per heavy atom. The van der Waals surface area contributed by atoms with Gasteiger partial charge in [0.25, 0.3) is 0 Å². The third-order valence-corrected chi connectivity index (χ3v) is 6.45. The van der Waals surface area contributed by atoms with Crippen LogP contribution in [-0.4, -0.2) is 75.2 Å². The molecular weight excluding hydrogens is 374 g/mol. The minimum absolute atomic E-state index is 0.254. The van der Waals surface area contributed by atoms with Crippen molar-refractivity contribution >= 4 is 5.96 Å². The molecule has 0 aromatic heterocycles. The van der Waals surface area contributed by atoms with E-state index < -0.39 is 0 Å². The van der Waals surface area contributed by atoms with E-state index in [-0.39, 0.29) is 6.04 Å². The van der Waals surface area contributed by atoms with Crippen LogP contribution >= 0.6 is 0 Å². The Bertz CT molecular complexity index is 659. The number of guanidine groups is 1. The summed E-state index contributed by atoms with van der Waals surface area (Å²) in [5.74, 6) is 2.60. The molecule has 1 aromatic rings. The Hall–Kier alpha value is -1.79. The SMILES string of the molecule is CCNC(=NCC(c1ccccc1OC)N1CCCC1)NCC1CCCN(CC)C1. The molecule has 2 heterocycles. The first-order valence-electron chi connectivity index (χ1n) is 11.9. The molecule has 6 nitrogen and oxygen atoms in total. The predicted octanol–water partition coefficient (Wildman–Crippen LogP) is 3.12. The summed E-state index contributed by atoms with van der Waals surface area (Å²) in [5.41, 5.74) is 1.24. The number of rotatable bonds is 9. The van der Waals surface area contributed by atoms with Gasteiger partial charge in [-0.2, -0.15) is 0 Å². The average Bonchev–Trinajstić information content (AvgIpc) is 3.32. The fraction of sp³-hybridized carbons (Fsp3) is 0.708. The molecule has 2 N–H and O–H groups in total. The van der Waals surface area contributed by atoms with Gasteiger partial charge in [0.05, 0.1) is 19.7 Å². The Kier molecular flexibility index (Phi) is 9.27. The number of ether oxygens (including phenoxy) is 1. The summed E-state index contributed by atoms with van der Waals surface area (Å²) in [6, 6.07) is 8.66. The van der Waals surface area contributed by atoms with Gasteiger partial charge < -0.3 is 20.3 Å². The summed E-state index contributed by atoms with van der Waals surface area (Å²) in [6.45, 7) is 12.9. The van der Waals surface area contributed by atoms with E-state index in [4.69, 9.17) is 9.73 Å². The third-order valence-electron chi connectivity index (χ3n) is 6.45. The van der Waals surface area contributed by atoms with Gasteiger partial charge in [0.2, 0.25) is 0 Å². The van der Waals surface area contributed by atoms with Gasteiger partial charge in [0.1, 0.15) is 5.75 Å². The zero-order valence-electron chi connectivity index (χ0n) is 19.2. The van der Waals surface area contributed by atoms with Crippen LogP contribution < -0.4 is 15.4 Å². The molecule has 2 fully saturated rings. The molecule has 1 aromatic carbocycles. The van der Waals surface area contributed by atoms with Crippen molar-refractivity contribution in [2.45, 2.75) is 45.6 Å². The Morgan fingerprint density at radius 3 is 2.67 bits per heavy atom. The molecule has 6 heteroatoms.